The number of rotatable bonds is 4. The van der Waals surface area contributed by atoms with Crippen molar-refractivity contribution in [3.05, 3.63) is 35.4 Å². The lowest BCUT2D eigenvalue weighted by molar-refractivity contribution is -0.139. The first-order valence-corrected chi connectivity index (χ1v) is 8.28. The molecule has 0 unspecified atom stereocenters. The molecule has 2 rings (SSSR count). The molecule has 6 heteroatoms. The van der Waals surface area contributed by atoms with Crippen LogP contribution in [0, 0.1) is 5.92 Å². The standard InChI is InChI=1S/C18H25F3N2O/c1-17(2,14-5-4-6-15(11-14)18(19,20)21)16(24)23-9-7-13(8-10-23)12-22-3/h4-6,11,13,22H,7-10,12H2,1-3H3. The van der Waals surface area contributed by atoms with Crippen molar-refractivity contribution in [1.29, 1.82) is 0 Å². The van der Waals surface area contributed by atoms with Crippen LogP contribution in [-0.2, 0) is 16.4 Å². The van der Waals surface area contributed by atoms with Gasteiger partial charge in [-0.25, -0.2) is 0 Å². The van der Waals surface area contributed by atoms with Gasteiger partial charge in [-0.05, 0) is 57.8 Å². The summed E-state index contributed by atoms with van der Waals surface area (Å²) < 4.78 is 38.8. The fourth-order valence-corrected chi connectivity index (χ4v) is 3.23. The van der Waals surface area contributed by atoms with Crippen LogP contribution in [0.2, 0.25) is 0 Å². The number of nitrogens with one attached hydrogen (secondary N) is 1. The molecule has 0 atom stereocenters. The zero-order valence-electron chi connectivity index (χ0n) is 14.4. The van der Waals surface area contributed by atoms with E-state index in [1.165, 1.54) is 6.07 Å². The molecule has 1 N–H and O–H groups in total. The van der Waals surface area contributed by atoms with E-state index in [9.17, 15) is 18.0 Å². The Hall–Kier alpha value is -1.56. The molecule has 1 amide bonds. The molecular weight excluding hydrogens is 317 g/mol. The summed E-state index contributed by atoms with van der Waals surface area (Å²) in [5.41, 5.74) is -1.29. The van der Waals surface area contributed by atoms with E-state index in [2.05, 4.69) is 5.32 Å². The molecule has 1 saturated heterocycles. The van der Waals surface area contributed by atoms with E-state index in [1.54, 1.807) is 24.8 Å². The largest absolute Gasteiger partial charge is 0.416 e. The van der Waals surface area contributed by atoms with Gasteiger partial charge in [-0.15, -0.1) is 0 Å². The normalized spacial score (nSPS) is 17.2. The van der Waals surface area contributed by atoms with Crippen LogP contribution in [0.5, 0.6) is 0 Å². The summed E-state index contributed by atoms with van der Waals surface area (Å²) in [7, 11) is 1.91. The SMILES string of the molecule is CNCC1CCN(C(=O)C(C)(C)c2cccc(C(F)(F)F)c2)CC1. The van der Waals surface area contributed by atoms with Crippen molar-refractivity contribution in [2.75, 3.05) is 26.7 Å². The van der Waals surface area contributed by atoms with Crippen LogP contribution in [0.25, 0.3) is 0 Å². The molecule has 1 aliphatic rings. The van der Waals surface area contributed by atoms with Crippen LogP contribution in [0.4, 0.5) is 13.2 Å². The summed E-state index contributed by atoms with van der Waals surface area (Å²) in [6, 6.07) is 5.09. The molecule has 1 aromatic carbocycles. The number of piperidine rings is 1. The fraction of sp³-hybridized carbons (Fsp3) is 0.611. The maximum atomic E-state index is 12.9. The van der Waals surface area contributed by atoms with Crippen LogP contribution in [0.3, 0.4) is 0 Å². The lowest BCUT2D eigenvalue weighted by Gasteiger charge is -2.37. The number of hydrogen-bond donors (Lipinski definition) is 1. The van der Waals surface area contributed by atoms with Gasteiger partial charge >= 0.3 is 6.18 Å². The zero-order chi connectivity index (χ0) is 18.0. The second-order valence-corrected chi connectivity index (χ2v) is 7.00. The first kappa shape index (κ1) is 18.8. The second-order valence-electron chi connectivity index (χ2n) is 7.00. The molecule has 1 heterocycles. The highest BCUT2D eigenvalue weighted by molar-refractivity contribution is 5.87. The highest BCUT2D eigenvalue weighted by Gasteiger charge is 2.37. The molecule has 0 bridgehead atoms. The van der Waals surface area contributed by atoms with Gasteiger partial charge in [0.05, 0.1) is 11.0 Å². The lowest BCUT2D eigenvalue weighted by Crippen LogP contribution is -2.47. The third-order valence-corrected chi connectivity index (χ3v) is 4.84. The highest BCUT2D eigenvalue weighted by Crippen LogP contribution is 2.34. The Morgan fingerprint density at radius 1 is 1.21 bits per heavy atom. The summed E-state index contributed by atoms with van der Waals surface area (Å²) in [5.74, 6) is 0.445. The first-order chi connectivity index (χ1) is 11.2. The Bertz CT molecular complexity index is 576. The van der Waals surface area contributed by atoms with Crippen LogP contribution in [0.1, 0.15) is 37.8 Å². The Kier molecular flexibility index (Phi) is 5.58. The van der Waals surface area contributed by atoms with Gasteiger partial charge in [0.1, 0.15) is 0 Å². The quantitative estimate of drug-likeness (QED) is 0.909. The van der Waals surface area contributed by atoms with Crippen molar-refractivity contribution >= 4 is 5.91 Å². The van der Waals surface area contributed by atoms with E-state index in [0.717, 1.165) is 31.5 Å². The van der Waals surface area contributed by atoms with Gasteiger partial charge < -0.3 is 10.2 Å². The van der Waals surface area contributed by atoms with Crippen LogP contribution in [0.15, 0.2) is 24.3 Å². The van der Waals surface area contributed by atoms with Gasteiger partial charge in [-0.3, -0.25) is 4.79 Å². The van der Waals surface area contributed by atoms with Gasteiger partial charge in [0.15, 0.2) is 0 Å². The number of amides is 1. The zero-order valence-corrected chi connectivity index (χ0v) is 14.4. The highest BCUT2D eigenvalue weighted by atomic mass is 19.4. The number of alkyl halides is 3. The van der Waals surface area contributed by atoms with E-state index < -0.39 is 17.2 Å². The molecule has 3 nitrogen and oxygen atoms in total. The molecule has 134 valence electrons. The van der Waals surface area contributed by atoms with E-state index in [1.807, 2.05) is 7.05 Å². The summed E-state index contributed by atoms with van der Waals surface area (Å²) in [6.07, 6.45) is -2.56. The van der Waals surface area contributed by atoms with Gasteiger partial charge in [0, 0.05) is 13.1 Å². The lowest BCUT2D eigenvalue weighted by atomic mass is 9.81. The van der Waals surface area contributed by atoms with Gasteiger partial charge in [0.25, 0.3) is 0 Å². The molecule has 0 aliphatic carbocycles. The van der Waals surface area contributed by atoms with E-state index in [-0.39, 0.29) is 5.91 Å². The minimum Gasteiger partial charge on any atom is -0.342 e. The monoisotopic (exact) mass is 342 g/mol. The Morgan fingerprint density at radius 3 is 2.33 bits per heavy atom. The smallest absolute Gasteiger partial charge is 0.342 e. The topological polar surface area (TPSA) is 32.3 Å². The van der Waals surface area contributed by atoms with E-state index >= 15 is 0 Å². The van der Waals surface area contributed by atoms with Crippen molar-refractivity contribution in [1.82, 2.24) is 10.2 Å². The molecule has 1 aliphatic heterocycles. The number of hydrogen-bond acceptors (Lipinski definition) is 2. The van der Waals surface area contributed by atoms with Gasteiger partial charge in [0.2, 0.25) is 5.91 Å². The fourth-order valence-electron chi connectivity index (χ4n) is 3.23. The average molecular weight is 342 g/mol. The summed E-state index contributed by atoms with van der Waals surface area (Å²) in [6.45, 7) is 5.65. The molecule has 1 fully saturated rings. The number of benzene rings is 1. The van der Waals surface area contributed by atoms with Crippen molar-refractivity contribution in [3.8, 4) is 0 Å². The minimum absolute atomic E-state index is 0.107. The molecule has 0 radical (unpaired) electrons. The van der Waals surface area contributed by atoms with Crippen molar-refractivity contribution in [2.45, 2.75) is 38.3 Å². The molecule has 0 saturated carbocycles. The predicted molar refractivity (Wildman–Crippen MR) is 87.7 cm³/mol. The van der Waals surface area contributed by atoms with E-state index in [0.29, 0.717) is 24.6 Å². The average Bonchev–Trinajstić information content (AvgIpc) is 2.54. The van der Waals surface area contributed by atoms with Gasteiger partial charge in [-0.2, -0.15) is 13.2 Å². The number of carbonyl (C=O) groups excluding carboxylic acids is 1. The number of likely N-dealkylation sites (tertiary alicyclic amines) is 1. The number of halogens is 3. The van der Waals surface area contributed by atoms with Crippen LogP contribution in [-0.4, -0.2) is 37.5 Å². The Balaban J connectivity index is 2.14. The Labute approximate surface area is 141 Å². The number of nitrogens with zero attached hydrogens (tertiary/aromatic N) is 1. The summed E-state index contributed by atoms with van der Waals surface area (Å²) in [5, 5.41) is 3.15. The maximum Gasteiger partial charge on any atom is 0.416 e. The van der Waals surface area contributed by atoms with Crippen molar-refractivity contribution in [2.24, 2.45) is 5.92 Å². The maximum absolute atomic E-state index is 12.9. The third kappa shape index (κ3) is 4.09. The van der Waals surface area contributed by atoms with Crippen LogP contribution < -0.4 is 5.32 Å². The third-order valence-electron chi connectivity index (χ3n) is 4.84. The summed E-state index contributed by atoms with van der Waals surface area (Å²) in [4.78, 5) is 14.7. The minimum atomic E-state index is -4.40. The van der Waals surface area contributed by atoms with Crippen LogP contribution >= 0.6 is 0 Å². The second kappa shape index (κ2) is 7.13. The number of carbonyl (C=O) groups is 1. The predicted octanol–water partition coefficient (Wildman–Crippen LogP) is 3.44. The molecule has 1 aromatic rings. The summed E-state index contributed by atoms with van der Waals surface area (Å²) >= 11 is 0. The van der Waals surface area contributed by atoms with Crippen molar-refractivity contribution in [3.63, 3.8) is 0 Å². The Morgan fingerprint density at radius 2 is 1.79 bits per heavy atom. The molecule has 0 aromatic heterocycles. The van der Waals surface area contributed by atoms with Gasteiger partial charge in [-0.1, -0.05) is 18.2 Å². The molecule has 0 spiro atoms. The van der Waals surface area contributed by atoms with E-state index in [4.69, 9.17) is 0 Å². The first-order valence-electron chi connectivity index (χ1n) is 8.28. The molecule has 24 heavy (non-hydrogen) atoms. The molecular formula is C18H25F3N2O. The van der Waals surface area contributed by atoms with Crippen molar-refractivity contribution < 1.29 is 18.0 Å².